The Hall–Kier alpha value is -1.10. The fraction of sp³-hybridized carbons (Fsp3) is 0.647. The number of aliphatic hydroxyl groups excluding tert-OH is 1. The summed E-state index contributed by atoms with van der Waals surface area (Å²) in [6, 6.07) is 8.10. The first-order chi connectivity index (χ1) is 10.1. The predicted molar refractivity (Wildman–Crippen MR) is 83.6 cm³/mol. The van der Waals surface area contributed by atoms with E-state index in [0.29, 0.717) is 6.10 Å². The Kier molecular flexibility index (Phi) is 4.48. The topological polar surface area (TPSA) is 35.9 Å². The Bertz CT molecular complexity index is 476. The summed E-state index contributed by atoms with van der Waals surface area (Å²) in [6.07, 6.45) is 3.38. The van der Waals surface area contributed by atoms with Gasteiger partial charge in [0.15, 0.2) is 0 Å². The fourth-order valence-electron chi connectivity index (χ4n) is 3.02. The van der Waals surface area contributed by atoms with E-state index in [4.69, 9.17) is 4.74 Å². The molecule has 1 saturated carbocycles. The van der Waals surface area contributed by atoms with Crippen molar-refractivity contribution in [2.75, 3.05) is 33.7 Å². The van der Waals surface area contributed by atoms with Crippen molar-refractivity contribution >= 4 is 0 Å². The molecule has 21 heavy (non-hydrogen) atoms. The van der Waals surface area contributed by atoms with Gasteiger partial charge in [0.05, 0.1) is 18.2 Å². The lowest BCUT2D eigenvalue weighted by Gasteiger charge is -2.31. The first-order valence-corrected chi connectivity index (χ1v) is 7.97. The molecule has 1 aliphatic heterocycles. The highest BCUT2D eigenvalue weighted by Gasteiger charge is 2.29. The van der Waals surface area contributed by atoms with Crippen molar-refractivity contribution in [3.05, 3.63) is 29.8 Å². The zero-order valence-corrected chi connectivity index (χ0v) is 13.0. The molecular weight excluding hydrogens is 264 g/mol. The van der Waals surface area contributed by atoms with Gasteiger partial charge in [-0.2, -0.15) is 0 Å². The first-order valence-electron chi connectivity index (χ1n) is 7.97. The van der Waals surface area contributed by atoms with Crippen LogP contribution in [0.1, 0.15) is 30.9 Å². The summed E-state index contributed by atoms with van der Waals surface area (Å²) >= 11 is 0. The van der Waals surface area contributed by atoms with E-state index in [-0.39, 0.29) is 6.04 Å². The molecule has 0 aromatic heterocycles. The number of aliphatic hydroxyl groups is 1. The minimum absolute atomic E-state index is 0.133. The van der Waals surface area contributed by atoms with Crippen LogP contribution >= 0.6 is 0 Å². The molecule has 0 bridgehead atoms. The normalized spacial score (nSPS) is 26.3. The molecular formula is C17H26N2O2. The SMILES string of the molecule is CN1CCCN(C)C(C(O)c2cccc(OC3CC3)c2)C1. The van der Waals surface area contributed by atoms with Crippen molar-refractivity contribution in [1.82, 2.24) is 9.80 Å². The molecule has 1 aliphatic carbocycles. The molecule has 1 aromatic rings. The highest BCUT2D eigenvalue weighted by molar-refractivity contribution is 5.31. The molecule has 2 atom stereocenters. The van der Waals surface area contributed by atoms with Crippen molar-refractivity contribution in [3.63, 3.8) is 0 Å². The number of rotatable bonds is 4. The third-order valence-electron chi connectivity index (χ3n) is 4.51. The number of likely N-dealkylation sites (N-methyl/N-ethyl adjacent to an activating group) is 2. The smallest absolute Gasteiger partial charge is 0.120 e. The van der Waals surface area contributed by atoms with Crippen LogP contribution in [-0.2, 0) is 0 Å². The minimum Gasteiger partial charge on any atom is -0.490 e. The van der Waals surface area contributed by atoms with Gasteiger partial charge in [0.25, 0.3) is 0 Å². The third-order valence-corrected chi connectivity index (χ3v) is 4.51. The molecule has 0 radical (unpaired) electrons. The van der Waals surface area contributed by atoms with E-state index in [9.17, 15) is 5.11 Å². The maximum absolute atomic E-state index is 10.8. The molecule has 2 aliphatic rings. The highest BCUT2D eigenvalue weighted by atomic mass is 16.5. The zero-order chi connectivity index (χ0) is 14.8. The first kappa shape index (κ1) is 14.8. The quantitative estimate of drug-likeness (QED) is 0.919. The molecule has 4 heteroatoms. The summed E-state index contributed by atoms with van der Waals surface area (Å²) in [7, 11) is 4.24. The molecule has 3 rings (SSSR count). The van der Waals surface area contributed by atoms with Gasteiger partial charge in [-0.15, -0.1) is 0 Å². The molecule has 1 N–H and O–H groups in total. The Balaban J connectivity index is 1.74. The Morgan fingerprint density at radius 1 is 1.24 bits per heavy atom. The van der Waals surface area contributed by atoms with Gasteiger partial charge in [-0.05, 0) is 64.1 Å². The van der Waals surface area contributed by atoms with Crippen LogP contribution in [0, 0.1) is 0 Å². The van der Waals surface area contributed by atoms with Crippen molar-refractivity contribution in [3.8, 4) is 5.75 Å². The largest absolute Gasteiger partial charge is 0.490 e. The molecule has 1 aromatic carbocycles. The summed E-state index contributed by atoms with van der Waals surface area (Å²) in [6.45, 7) is 3.02. The van der Waals surface area contributed by atoms with E-state index in [2.05, 4.69) is 23.9 Å². The van der Waals surface area contributed by atoms with Gasteiger partial charge in [0, 0.05) is 6.54 Å². The number of nitrogens with zero attached hydrogens (tertiary/aromatic N) is 2. The van der Waals surface area contributed by atoms with Gasteiger partial charge in [-0.3, -0.25) is 4.90 Å². The Morgan fingerprint density at radius 3 is 2.81 bits per heavy atom. The lowest BCUT2D eigenvalue weighted by Crippen LogP contribution is -2.42. The second-order valence-corrected chi connectivity index (χ2v) is 6.50. The fourth-order valence-corrected chi connectivity index (χ4v) is 3.02. The van der Waals surface area contributed by atoms with Crippen LogP contribution in [0.3, 0.4) is 0 Å². The van der Waals surface area contributed by atoms with Gasteiger partial charge < -0.3 is 14.7 Å². The summed E-state index contributed by atoms with van der Waals surface area (Å²) in [4.78, 5) is 4.59. The number of hydrogen-bond donors (Lipinski definition) is 1. The van der Waals surface area contributed by atoms with Gasteiger partial charge >= 0.3 is 0 Å². The van der Waals surface area contributed by atoms with E-state index in [1.807, 2.05) is 24.3 Å². The zero-order valence-electron chi connectivity index (χ0n) is 13.0. The molecule has 2 unspecified atom stereocenters. The molecule has 116 valence electrons. The van der Waals surface area contributed by atoms with Crippen LogP contribution in [0.2, 0.25) is 0 Å². The number of hydrogen-bond acceptors (Lipinski definition) is 4. The highest BCUT2D eigenvalue weighted by Crippen LogP contribution is 2.30. The molecule has 4 nitrogen and oxygen atoms in total. The average molecular weight is 290 g/mol. The molecule has 1 heterocycles. The summed E-state index contributed by atoms with van der Waals surface area (Å²) < 4.78 is 5.84. The summed E-state index contributed by atoms with van der Waals surface area (Å²) in [5.74, 6) is 0.888. The Morgan fingerprint density at radius 2 is 2.05 bits per heavy atom. The van der Waals surface area contributed by atoms with Gasteiger partial charge in [-0.1, -0.05) is 12.1 Å². The van der Waals surface area contributed by atoms with Crippen LogP contribution in [0.15, 0.2) is 24.3 Å². The maximum Gasteiger partial charge on any atom is 0.120 e. The van der Waals surface area contributed by atoms with E-state index in [1.165, 1.54) is 0 Å². The van der Waals surface area contributed by atoms with Gasteiger partial charge in [0.1, 0.15) is 5.75 Å². The number of ether oxygens (including phenoxy) is 1. The Labute approximate surface area is 127 Å². The standard InChI is InChI=1S/C17H26N2O2/c1-18-9-4-10-19(2)16(12-18)17(20)13-5-3-6-15(11-13)21-14-7-8-14/h3,5-6,11,14,16-17,20H,4,7-10,12H2,1-2H3. The lowest BCUT2D eigenvalue weighted by atomic mass is 10.0. The second-order valence-electron chi connectivity index (χ2n) is 6.50. The van der Waals surface area contributed by atoms with Crippen LogP contribution in [0.4, 0.5) is 0 Å². The van der Waals surface area contributed by atoms with Crippen molar-refractivity contribution in [2.45, 2.75) is 37.5 Å². The maximum atomic E-state index is 10.8. The van der Waals surface area contributed by atoms with Crippen LogP contribution in [0.25, 0.3) is 0 Å². The van der Waals surface area contributed by atoms with Crippen molar-refractivity contribution < 1.29 is 9.84 Å². The second kappa shape index (κ2) is 6.34. The molecule has 0 amide bonds. The monoisotopic (exact) mass is 290 g/mol. The summed E-state index contributed by atoms with van der Waals surface area (Å²) in [5.41, 5.74) is 0.959. The predicted octanol–water partition coefficient (Wildman–Crippen LogP) is 1.90. The van der Waals surface area contributed by atoms with Crippen LogP contribution in [0.5, 0.6) is 5.75 Å². The van der Waals surface area contributed by atoms with E-state index in [0.717, 1.165) is 50.2 Å². The summed E-state index contributed by atoms with van der Waals surface area (Å²) in [5, 5.41) is 10.8. The van der Waals surface area contributed by atoms with Crippen LogP contribution < -0.4 is 4.74 Å². The molecule has 0 spiro atoms. The van der Waals surface area contributed by atoms with Crippen molar-refractivity contribution in [1.29, 1.82) is 0 Å². The minimum atomic E-state index is -0.474. The third kappa shape index (κ3) is 3.76. The van der Waals surface area contributed by atoms with E-state index in [1.54, 1.807) is 0 Å². The lowest BCUT2D eigenvalue weighted by molar-refractivity contribution is 0.0570. The van der Waals surface area contributed by atoms with Gasteiger partial charge in [0.2, 0.25) is 0 Å². The van der Waals surface area contributed by atoms with E-state index < -0.39 is 6.10 Å². The van der Waals surface area contributed by atoms with Gasteiger partial charge in [-0.25, -0.2) is 0 Å². The van der Waals surface area contributed by atoms with Crippen LogP contribution in [-0.4, -0.2) is 60.8 Å². The van der Waals surface area contributed by atoms with Crippen molar-refractivity contribution in [2.24, 2.45) is 0 Å². The number of benzene rings is 1. The average Bonchev–Trinajstić information content (AvgIpc) is 3.28. The molecule has 1 saturated heterocycles. The molecule has 2 fully saturated rings. The van der Waals surface area contributed by atoms with E-state index >= 15 is 0 Å².